The molecule has 8 heteroatoms. The van der Waals surface area contributed by atoms with Gasteiger partial charge in [-0.05, 0) is 31.2 Å². The molecule has 0 spiro atoms. The van der Waals surface area contributed by atoms with Crippen molar-refractivity contribution in [3.8, 4) is 17.2 Å². The Morgan fingerprint density at radius 2 is 2.14 bits per heavy atom. The van der Waals surface area contributed by atoms with Gasteiger partial charge in [-0.2, -0.15) is 5.10 Å². The molecule has 2 aromatic heterocycles. The molecule has 1 aromatic carbocycles. The quantitative estimate of drug-likeness (QED) is 0.633. The molecule has 2 atom stereocenters. The Kier molecular flexibility index (Phi) is 5.59. The number of methoxy groups -OCH3 is 1. The number of oxazole rings is 1. The smallest absolute Gasteiger partial charge is 0.226 e. The fourth-order valence-electron chi connectivity index (χ4n) is 3.41. The zero-order chi connectivity index (χ0) is 19.5. The Bertz CT molecular complexity index is 951. The number of hydrogen-bond donors (Lipinski definition) is 0. The third-order valence-electron chi connectivity index (χ3n) is 5.01. The number of aryl methyl sites for hydroxylation is 1. The van der Waals surface area contributed by atoms with Gasteiger partial charge in [0.1, 0.15) is 12.0 Å². The molecule has 0 bridgehead atoms. The fraction of sp³-hybridized carbons (Fsp3) is 0.400. The van der Waals surface area contributed by atoms with Crippen LogP contribution in [0.25, 0.3) is 11.5 Å². The molecule has 0 radical (unpaired) electrons. The zero-order valence-corrected chi connectivity index (χ0v) is 16.9. The Balaban J connectivity index is 1.51. The summed E-state index contributed by atoms with van der Waals surface area (Å²) in [5.41, 5.74) is 2.88. The number of hydrogen-bond acceptors (Lipinski definition) is 6. The number of aromatic nitrogens is 3. The van der Waals surface area contributed by atoms with E-state index in [1.807, 2.05) is 41.3 Å². The second-order valence-corrected chi connectivity index (χ2v) is 8.42. The third-order valence-corrected chi connectivity index (χ3v) is 6.33. The van der Waals surface area contributed by atoms with Crippen LogP contribution in [0.1, 0.15) is 24.2 Å². The molecular formula is C20H24N4O3S. The van der Waals surface area contributed by atoms with Crippen LogP contribution < -0.4 is 4.74 Å². The highest BCUT2D eigenvalue weighted by atomic mass is 32.2. The molecule has 1 saturated heterocycles. The van der Waals surface area contributed by atoms with E-state index in [1.165, 1.54) is 0 Å². The van der Waals surface area contributed by atoms with Crippen LogP contribution in [-0.2, 0) is 23.9 Å². The van der Waals surface area contributed by atoms with E-state index in [9.17, 15) is 4.21 Å². The molecule has 3 heterocycles. The van der Waals surface area contributed by atoms with Crippen LogP contribution in [0.5, 0.6) is 5.75 Å². The lowest BCUT2D eigenvalue weighted by molar-refractivity contribution is 0.206. The largest absolute Gasteiger partial charge is 0.497 e. The molecule has 7 nitrogen and oxygen atoms in total. The first-order valence-electron chi connectivity index (χ1n) is 9.36. The predicted octanol–water partition coefficient (Wildman–Crippen LogP) is 2.87. The van der Waals surface area contributed by atoms with Gasteiger partial charge in [-0.25, -0.2) is 4.98 Å². The van der Waals surface area contributed by atoms with E-state index in [1.54, 1.807) is 13.4 Å². The Hall–Kier alpha value is -2.45. The van der Waals surface area contributed by atoms with Crippen LogP contribution in [0.2, 0.25) is 0 Å². The van der Waals surface area contributed by atoms with Crippen molar-refractivity contribution < 1.29 is 13.4 Å². The number of rotatable bonds is 6. The summed E-state index contributed by atoms with van der Waals surface area (Å²) >= 11 is 0. The van der Waals surface area contributed by atoms with Gasteiger partial charge in [-0.3, -0.25) is 13.8 Å². The molecule has 0 amide bonds. The standard InChI is InChI=1S/C20H24N4O3S/c1-3-24-11-16(10-21-24)19-14-28(25)9-8-23(19)12-17-13-27-20(22-17)15-4-6-18(26-2)7-5-15/h4-7,10-11,13,19H,3,8-9,12,14H2,1-2H3/t19-,28-/m1/s1. The highest BCUT2D eigenvalue weighted by Crippen LogP contribution is 2.28. The highest BCUT2D eigenvalue weighted by Gasteiger charge is 2.29. The van der Waals surface area contributed by atoms with Crippen LogP contribution in [0.15, 0.2) is 47.3 Å². The summed E-state index contributed by atoms with van der Waals surface area (Å²) < 4.78 is 25.0. The molecule has 0 N–H and O–H groups in total. The van der Waals surface area contributed by atoms with Gasteiger partial charge >= 0.3 is 0 Å². The van der Waals surface area contributed by atoms with Crippen molar-refractivity contribution in [2.45, 2.75) is 26.1 Å². The normalized spacial score (nSPS) is 20.4. The highest BCUT2D eigenvalue weighted by molar-refractivity contribution is 7.85. The second-order valence-electron chi connectivity index (χ2n) is 6.80. The second kappa shape index (κ2) is 8.28. The summed E-state index contributed by atoms with van der Waals surface area (Å²) in [5, 5.41) is 4.38. The van der Waals surface area contributed by atoms with Gasteiger partial charge in [0, 0.05) is 65.3 Å². The van der Waals surface area contributed by atoms with E-state index in [0.29, 0.717) is 23.9 Å². The van der Waals surface area contributed by atoms with E-state index in [2.05, 4.69) is 21.9 Å². The van der Waals surface area contributed by atoms with Gasteiger partial charge in [0.15, 0.2) is 0 Å². The molecule has 0 saturated carbocycles. The Morgan fingerprint density at radius 3 is 2.86 bits per heavy atom. The van der Waals surface area contributed by atoms with Gasteiger partial charge in [0.2, 0.25) is 5.89 Å². The van der Waals surface area contributed by atoms with Gasteiger partial charge in [-0.15, -0.1) is 0 Å². The molecule has 0 aliphatic carbocycles. The summed E-state index contributed by atoms with van der Waals surface area (Å²) in [7, 11) is 0.839. The fourth-order valence-corrected chi connectivity index (χ4v) is 4.77. The molecule has 1 fully saturated rings. The van der Waals surface area contributed by atoms with Crippen LogP contribution in [0.4, 0.5) is 0 Å². The van der Waals surface area contributed by atoms with E-state index in [4.69, 9.17) is 9.15 Å². The van der Waals surface area contributed by atoms with E-state index >= 15 is 0 Å². The molecular weight excluding hydrogens is 376 g/mol. The van der Waals surface area contributed by atoms with Crippen molar-refractivity contribution in [3.63, 3.8) is 0 Å². The first-order valence-corrected chi connectivity index (χ1v) is 10.8. The lowest BCUT2D eigenvalue weighted by Crippen LogP contribution is -2.40. The van der Waals surface area contributed by atoms with E-state index in [0.717, 1.165) is 35.7 Å². The minimum absolute atomic E-state index is 0.0796. The van der Waals surface area contributed by atoms with Gasteiger partial charge in [0.05, 0.1) is 19.0 Å². The van der Waals surface area contributed by atoms with Crippen molar-refractivity contribution in [1.29, 1.82) is 0 Å². The van der Waals surface area contributed by atoms with Crippen molar-refractivity contribution >= 4 is 10.8 Å². The lowest BCUT2D eigenvalue weighted by atomic mass is 10.1. The Labute approximate surface area is 166 Å². The molecule has 148 valence electrons. The number of nitrogens with zero attached hydrogens (tertiary/aromatic N) is 4. The van der Waals surface area contributed by atoms with E-state index in [-0.39, 0.29) is 6.04 Å². The first-order chi connectivity index (χ1) is 13.7. The average Bonchev–Trinajstić information content (AvgIpc) is 3.39. The average molecular weight is 401 g/mol. The van der Waals surface area contributed by atoms with Crippen molar-refractivity contribution in [2.75, 3.05) is 25.2 Å². The maximum atomic E-state index is 12.2. The van der Waals surface area contributed by atoms with Crippen LogP contribution in [-0.4, -0.2) is 49.0 Å². The van der Waals surface area contributed by atoms with Crippen LogP contribution in [0.3, 0.4) is 0 Å². The predicted molar refractivity (Wildman–Crippen MR) is 107 cm³/mol. The van der Waals surface area contributed by atoms with Gasteiger partial charge in [0.25, 0.3) is 0 Å². The maximum Gasteiger partial charge on any atom is 0.226 e. The number of ether oxygens (including phenoxy) is 1. The molecule has 0 unspecified atom stereocenters. The van der Waals surface area contributed by atoms with Crippen LogP contribution >= 0.6 is 0 Å². The first kappa shape index (κ1) is 18.9. The maximum absolute atomic E-state index is 12.2. The summed E-state index contributed by atoms with van der Waals surface area (Å²) in [6.45, 7) is 4.30. The summed E-state index contributed by atoms with van der Waals surface area (Å²) in [4.78, 5) is 6.97. The SMILES string of the molecule is CCn1cc([C@H]2C[S@](=O)CCN2Cc2coc(-c3ccc(OC)cc3)n2)cn1. The van der Waals surface area contributed by atoms with E-state index < -0.39 is 10.8 Å². The van der Waals surface area contributed by atoms with Gasteiger partial charge < -0.3 is 9.15 Å². The van der Waals surface area contributed by atoms with Crippen molar-refractivity contribution in [2.24, 2.45) is 0 Å². The van der Waals surface area contributed by atoms with Crippen molar-refractivity contribution in [3.05, 3.63) is 54.2 Å². The molecule has 3 aromatic rings. The Morgan fingerprint density at radius 1 is 1.32 bits per heavy atom. The topological polar surface area (TPSA) is 73.4 Å². The minimum atomic E-state index is -0.804. The molecule has 1 aliphatic rings. The third kappa shape index (κ3) is 4.02. The molecule has 4 rings (SSSR count). The molecule has 28 heavy (non-hydrogen) atoms. The monoisotopic (exact) mass is 400 g/mol. The lowest BCUT2D eigenvalue weighted by Gasteiger charge is -2.34. The summed E-state index contributed by atoms with van der Waals surface area (Å²) in [6.07, 6.45) is 5.64. The number of benzene rings is 1. The summed E-state index contributed by atoms with van der Waals surface area (Å²) in [6, 6.07) is 7.72. The minimum Gasteiger partial charge on any atom is -0.497 e. The molecule has 1 aliphatic heterocycles. The zero-order valence-electron chi connectivity index (χ0n) is 16.1. The van der Waals surface area contributed by atoms with Gasteiger partial charge in [-0.1, -0.05) is 0 Å². The van der Waals surface area contributed by atoms with Crippen LogP contribution in [0, 0.1) is 0 Å². The van der Waals surface area contributed by atoms with Crippen molar-refractivity contribution in [1.82, 2.24) is 19.7 Å². The summed E-state index contributed by atoms with van der Waals surface area (Å²) in [5.74, 6) is 2.70.